The number of carbonyl (C=O) groups is 1. The molecular formula is C20H18N4O2. The molecule has 0 N–H and O–H groups in total. The number of hydrogen-bond donors (Lipinski definition) is 0. The van der Waals surface area contributed by atoms with Crippen LogP contribution in [0, 0.1) is 0 Å². The second-order valence-electron chi connectivity index (χ2n) is 6.40. The van der Waals surface area contributed by atoms with Crippen LogP contribution >= 0.6 is 0 Å². The van der Waals surface area contributed by atoms with Crippen molar-refractivity contribution in [1.82, 2.24) is 14.8 Å². The molecule has 4 rings (SSSR count). The Morgan fingerprint density at radius 1 is 1.15 bits per heavy atom. The molecule has 2 aromatic heterocycles. The summed E-state index contributed by atoms with van der Waals surface area (Å²) in [4.78, 5) is 30.9. The van der Waals surface area contributed by atoms with Crippen LogP contribution in [-0.2, 0) is 17.8 Å². The third kappa shape index (κ3) is 2.90. The Balaban J connectivity index is 1.63. The summed E-state index contributed by atoms with van der Waals surface area (Å²) in [5, 5.41) is 4.35. The zero-order valence-electron chi connectivity index (χ0n) is 14.4. The fraction of sp³-hybridized carbons (Fsp3) is 0.200. The van der Waals surface area contributed by atoms with E-state index in [1.165, 1.54) is 10.7 Å². The minimum atomic E-state index is -0.300. The number of hydrogen-bond acceptors (Lipinski definition) is 4. The molecule has 3 aromatic rings. The Kier molecular flexibility index (Phi) is 4.08. The smallest absolute Gasteiger partial charge is 0.267 e. The van der Waals surface area contributed by atoms with Gasteiger partial charge in [-0.3, -0.25) is 14.6 Å². The maximum Gasteiger partial charge on any atom is 0.267 e. The number of fused-ring (bicyclic) bond motifs is 1. The summed E-state index contributed by atoms with van der Waals surface area (Å²) >= 11 is 0. The van der Waals surface area contributed by atoms with Gasteiger partial charge < -0.3 is 4.90 Å². The van der Waals surface area contributed by atoms with Gasteiger partial charge in [0.25, 0.3) is 5.56 Å². The molecule has 6 heteroatoms. The van der Waals surface area contributed by atoms with Crippen molar-refractivity contribution in [2.75, 3.05) is 4.90 Å². The molecule has 1 aliphatic heterocycles. The van der Waals surface area contributed by atoms with Crippen molar-refractivity contribution in [2.24, 2.45) is 0 Å². The first-order valence-corrected chi connectivity index (χ1v) is 8.52. The van der Waals surface area contributed by atoms with Crippen molar-refractivity contribution in [3.8, 4) is 11.3 Å². The van der Waals surface area contributed by atoms with Crippen LogP contribution in [-0.4, -0.2) is 26.7 Å². The summed E-state index contributed by atoms with van der Waals surface area (Å²) < 4.78 is 1.22. The van der Waals surface area contributed by atoms with E-state index in [9.17, 15) is 9.59 Å². The van der Waals surface area contributed by atoms with E-state index in [-0.39, 0.29) is 24.1 Å². The van der Waals surface area contributed by atoms with Crippen molar-refractivity contribution in [1.29, 1.82) is 0 Å². The van der Waals surface area contributed by atoms with Crippen molar-refractivity contribution in [2.45, 2.75) is 25.9 Å². The lowest BCUT2D eigenvalue weighted by Gasteiger charge is -2.23. The summed E-state index contributed by atoms with van der Waals surface area (Å²) in [6.07, 6.45) is 4.17. The molecule has 0 saturated heterocycles. The van der Waals surface area contributed by atoms with Gasteiger partial charge >= 0.3 is 0 Å². The Hall–Kier alpha value is -3.28. The molecule has 6 nitrogen and oxygen atoms in total. The van der Waals surface area contributed by atoms with Crippen molar-refractivity contribution in [3.05, 3.63) is 76.8 Å². The molecule has 0 fully saturated rings. The topological polar surface area (TPSA) is 68.1 Å². The molecule has 1 unspecified atom stereocenters. The largest absolute Gasteiger partial charge is 0.307 e. The number of carbonyl (C=O) groups excluding carboxylic acids is 1. The minimum Gasteiger partial charge on any atom is -0.307 e. The zero-order valence-corrected chi connectivity index (χ0v) is 14.4. The summed E-state index contributed by atoms with van der Waals surface area (Å²) in [5.41, 5.74) is 3.18. The van der Waals surface area contributed by atoms with Gasteiger partial charge in [-0.2, -0.15) is 5.10 Å². The maximum atomic E-state index is 12.9. The molecule has 0 spiro atoms. The van der Waals surface area contributed by atoms with Gasteiger partial charge in [-0.25, -0.2) is 4.68 Å². The van der Waals surface area contributed by atoms with E-state index >= 15 is 0 Å². The first-order chi connectivity index (χ1) is 12.6. The molecule has 1 aliphatic rings. The number of nitrogens with zero attached hydrogens (tertiary/aromatic N) is 4. The highest BCUT2D eigenvalue weighted by Crippen LogP contribution is 2.31. The van der Waals surface area contributed by atoms with Crippen LogP contribution in [0.3, 0.4) is 0 Å². The van der Waals surface area contributed by atoms with E-state index < -0.39 is 0 Å². The number of benzene rings is 1. The Bertz CT molecular complexity index is 1010. The summed E-state index contributed by atoms with van der Waals surface area (Å²) in [5.74, 6) is -0.139. The van der Waals surface area contributed by atoms with Crippen LogP contribution in [0.2, 0.25) is 0 Å². The average molecular weight is 346 g/mol. The second-order valence-corrected chi connectivity index (χ2v) is 6.40. The SMILES string of the molecule is CC1Cc2ccccc2N1C(=O)Cn1nc(-c2cccnc2)ccc1=O. The van der Waals surface area contributed by atoms with Crippen LogP contribution in [0.5, 0.6) is 0 Å². The lowest BCUT2D eigenvalue weighted by molar-refractivity contribution is -0.119. The highest BCUT2D eigenvalue weighted by Gasteiger charge is 2.30. The molecule has 1 amide bonds. The van der Waals surface area contributed by atoms with Gasteiger partial charge in [-0.15, -0.1) is 0 Å². The Morgan fingerprint density at radius 2 is 2.00 bits per heavy atom. The van der Waals surface area contributed by atoms with E-state index in [4.69, 9.17) is 0 Å². The molecular weight excluding hydrogens is 328 g/mol. The molecule has 26 heavy (non-hydrogen) atoms. The van der Waals surface area contributed by atoms with Gasteiger partial charge in [0.05, 0.1) is 5.69 Å². The van der Waals surface area contributed by atoms with Gasteiger partial charge in [0, 0.05) is 35.8 Å². The van der Waals surface area contributed by atoms with Crippen LogP contribution in [0.4, 0.5) is 5.69 Å². The molecule has 1 atom stereocenters. The minimum absolute atomic E-state index is 0.0668. The van der Waals surface area contributed by atoms with E-state index in [0.717, 1.165) is 23.2 Å². The van der Waals surface area contributed by atoms with E-state index in [1.54, 1.807) is 29.4 Å². The highest BCUT2D eigenvalue weighted by atomic mass is 16.2. The fourth-order valence-electron chi connectivity index (χ4n) is 3.38. The Morgan fingerprint density at radius 3 is 2.81 bits per heavy atom. The van der Waals surface area contributed by atoms with Gasteiger partial charge in [0.1, 0.15) is 6.54 Å². The van der Waals surface area contributed by atoms with Crippen LogP contribution in [0.25, 0.3) is 11.3 Å². The molecule has 0 radical (unpaired) electrons. The standard InChI is InChI=1S/C20H18N4O2/c1-14-11-15-5-2-3-7-18(15)24(14)20(26)13-23-19(25)9-8-17(22-23)16-6-4-10-21-12-16/h2-10,12,14H,11,13H2,1H3. The summed E-state index contributed by atoms with van der Waals surface area (Å²) in [6, 6.07) is 14.7. The lowest BCUT2D eigenvalue weighted by Crippen LogP contribution is -2.40. The molecule has 0 bridgehead atoms. The highest BCUT2D eigenvalue weighted by molar-refractivity contribution is 5.96. The number of rotatable bonds is 3. The van der Waals surface area contributed by atoms with Gasteiger partial charge in [-0.05, 0) is 43.2 Å². The van der Waals surface area contributed by atoms with Crippen molar-refractivity contribution in [3.63, 3.8) is 0 Å². The number of para-hydroxylation sites is 1. The monoisotopic (exact) mass is 346 g/mol. The van der Waals surface area contributed by atoms with Crippen LogP contribution in [0.15, 0.2) is 65.7 Å². The predicted octanol–water partition coefficient (Wildman–Crippen LogP) is 2.28. The fourth-order valence-corrected chi connectivity index (χ4v) is 3.38. The molecule has 3 heterocycles. The summed E-state index contributed by atoms with van der Waals surface area (Å²) in [6.45, 7) is 1.92. The second kappa shape index (κ2) is 6.55. The van der Waals surface area contributed by atoms with Gasteiger partial charge in [0.15, 0.2) is 0 Å². The molecule has 130 valence electrons. The van der Waals surface area contributed by atoms with Gasteiger partial charge in [0.2, 0.25) is 5.91 Å². The molecule has 0 saturated carbocycles. The third-order valence-electron chi connectivity index (χ3n) is 4.58. The van der Waals surface area contributed by atoms with Crippen LogP contribution < -0.4 is 10.5 Å². The average Bonchev–Trinajstić information content (AvgIpc) is 3.00. The quantitative estimate of drug-likeness (QED) is 0.730. The normalized spacial score (nSPS) is 15.7. The molecule has 1 aromatic carbocycles. The van der Waals surface area contributed by atoms with Crippen molar-refractivity contribution >= 4 is 11.6 Å². The number of amides is 1. The van der Waals surface area contributed by atoms with Crippen molar-refractivity contribution < 1.29 is 4.79 Å². The first-order valence-electron chi connectivity index (χ1n) is 8.52. The maximum absolute atomic E-state index is 12.9. The number of aromatic nitrogens is 3. The lowest BCUT2D eigenvalue weighted by atomic mass is 10.1. The van der Waals surface area contributed by atoms with E-state index in [0.29, 0.717) is 5.69 Å². The van der Waals surface area contributed by atoms with E-state index in [2.05, 4.69) is 10.1 Å². The summed E-state index contributed by atoms with van der Waals surface area (Å²) in [7, 11) is 0. The van der Waals surface area contributed by atoms with E-state index in [1.807, 2.05) is 37.3 Å². The Labute approximate surface area is 150 Å². The predicted molar refractivity (Wildman–Crippen MR) is 98.8 cm³/mol. The zero-order chi connectivity index (χ0) is 18.1. The first kappa shape index (κ1) is 16.2. The third-order valence-corrected chi connectivity index (χ3v) is 4.58. The van der Waals surface area contributed by atoms with Crippen LogP contribution in [0.1, 0.15) is 12.5 Å². The van der Waals surface area contributed by atoms with Gasteiger partial charge in [-0.1, -0.05) is 18.2 Å². The number of anilines is 1. The number of pyridine rings is 1. The molecule has 0 aliphatic carbocycles.